The highest BCUT2D eigenvalue weighted by Gasteiger charge is 2.11. The minimum Gasteiger partial charge on any atom is -0.497 e. The predicted molar refractivity (Wildman–Crippen MR) is 73.5 cm³/mol. The highest BCUT2D eigenvalue weighted by molar-refractivity contribution is 6.42. The second-order valence-electron chi connectivity index (χ2n) is 3.85. The maximum Gasteiger partial charge on any atom is 0.118 e. The van der Waals surface area contributed by atoms with Gasteiger partial charge in [0, 0.05) is 0 Å². The first-order valence-electron chi connectivity index (χ1n) is 5.39. The van der Waals surface area contributed by atoms with Crippen LogP contribution in [0.5, 0.6) is 5.75 Å². The molecule has 1 atom stereocenters. The monoisotopic (exact) mass is 282 g/mol. The number of hydrogen-bond donors (Lipinski definition) is 1. The molecule has 0 aliphatic heterocycles. The molecule has 94 valence electrons. The molecular weight excluding hydrogens is 271 g/mol. The number of aliphatic hydroxyl groups excluding tert-OH is 1. The van der Waals surface area contributed by atoms with Crippen LogP contribution in [0.25, 0.3) is 0 Å². The van der Waals surface area contributed by atoms with Crippen molar-refractivity contribution >= 4 is 23.2 Å². The Bertz CT molecular complexity index is 538. The summed E-state index contributed by atoms with van der Waals surface area (Å²) in [6, 6.07) is 12.3. The average Bonchev–Trinajstić information content (AvgIpc) is 2.41. The molecular formula is C14H12Cl2O2. The second kappa shape index (κ2) is 5.61. The zero-order valence-corrected chi connectivity index (χ0v) is 11.2. The van der Waals surface area contributed by atoms with Crippen LogP contribution in [0.2, 0.25) is 10.0 Å². The fraction of sp³-hybridized carbons (Fsp3) is 0.143. The molecule has 18 heavy (non-hydrogen) atoms. The lowest BCUT2D eigenvalue weighted by Crippen LogP contribution is -1.99. The molecule has 0 saturated carbocycles. The summed E-state index contributed by atoms with van der Waals surface area (Å²) in [5.41, 5.74) is 1.48. The molecule has 0 aliphatic rings. The van der Waals surface area contributed by atoms with Gasteiger partial charge in [-0.15, -0.1) is 0 Å². The molecule has 0 radical (unpaired) electrons. The molecule has 0 aliphatic carbocycles. The molecule has 2 aromatic carbocycles. The van der Waals surface area contributed by atoms with E-state index in [4.69, 9.17) is 27.9 Å². The second-order valence-corrected chi connectivity index (χ2v) is 4.66. The Labute approximate surface area is 116 Å². The summed E-state index contributed by atoms with van der Waals surface area (Å²) in [7, 11) is 1.60. The van der Waals surface area contributed by atoms with Gasteiger partial charge in [-0.3, -0.25) is 0 Å². The first kappa shape index (κ1) is 13.2. The Balaban J connectivity index is 2.28. The lowest BCUT2D eigenvalue weighted by Gasteiger charge is -2.12. The van der Waals surface area contributed by atoms with Crippen molar-refractivity contribution in [3.05, 3.63) is 63.6 Å². The van der Waals surface area contributed by atoms with Crippen LogP contribution in [0.3, 0.4) is 0 Å². The molecule has 0 heterocycles. The van der Waals surface area contributed by atoms with Crippen molar-refractivity contribution in [3.8, 4) is 5.75 Å². The van der Waals surface area contributed by atoms with Crippen molar-refractivity contribution in [2.24, 2.45) is 0 Å². The van der Waals surface area contributed by atoms with Crippen molar-refractivity contribution in [1.82, 2.24) is 0 Å². The highest BCUT2D eigenvalue weighted by atomic mass is 35.5. The number of methoxy groups -OCH3 is 1. The standard InChI is InChI=1S/C14H12Cl2O2/c1-18-11-5-2-9(3-6-11)14(17)10-4-7-12(15)13(16)8-10/h2-8,14,17H,1H3. The van der Waals surface area contributed by atoms with Gasteiger partial charge < -0.3 is 9.84 Å². The van der Waals surface area contributed by atoms with E-state index in [1.165, 1.54) is 0 Å². The molecule has 0 spiro atoms. The maximum atomic E-state index is 10.2. The summed E-state index contributed by atoms with van der Waals surface area (Å²) in [4.78, 5) is 0. The van der Waals surface area contributed by atoms with Crippen molar-refractivity contribution in [1.29, 1.82) is 0 Å². The Morgan fingerprint density at radius 3 is 2.11 bits per heavy atom. The van der Waals surface area contributed by atoms with E-state index in [2.05, 4.69) is 0 Å². The molecule has 0 amide bonds. The normalized spacial score (nSPS) is 12.2. The van der Waals surface area contributed by atoms with Gasteiger partial charge in [0.05, 0.1) is 17.2 Å². The van der Waals surface area contributed by atoms with E-state index in [9.17, 15) is 5.11 Å². The van der Waals surface area contributed by atoms with Crippen LogP contribution in [0.4, 0.5) is 0 Å². The van der Waals surface area contributed by atoms with Crippen molar-refractivity contribution in [3.63, 3.8) is 0 Å². The molecule has 1 N–H and O–H groups in total. The molecule has 0 bridgehead atoms. The lowest BCUT2D eigenvalue weighted by molar-refractivity contribution is 0.220. The van der Waals surface area contributed by atoms with Gasteiger partial charge in [-0.05, 0) is 35.4 Å². The fourth-order valence-corrected chi connectivity index (χ4v) is 1.97. The van der Waals surface area contributed by atoms with E-state index in [0.717, 1.165) is 11.3 Å². The summed E-state index contributed by atoms with van der Waals surface area (Å²) >= 11 is 11.8. The summed E-state index contributed by atoms with van der Waals surface area (Å²) < 4.78 is 5.07. The van der Waals surface area contributed by atoms with Crippen LogP contribution in [0, 0.1) is 0 Å². The first-order chi connectivity index (χ1) is 8.61. The van der Waals surface area contributed by atoms with Crippen LogP contribution in [0.1, 0.15) is 17.2 Å². The lowest BCUT2D eigenvalue weighted by atomic mass is 10.0. The molecule has 2 nitrogen and oxygen atoms in total. The van der Waals surface area contributed by atoms with Crippen LogP contribution >= 0.6 is 23.2 Å². The van der Waals surface area contributed by atoms with Gasteiger partial charge in [0.25, 0.3) is 0 Å². The van der Waals surface area contributed by atoms with Crippen LogP contribution in [-0.4, -0.2) is 12.2 Å². The van der Waals surface area contributed by atoms with Gasteiger partial charge in [0.1, 0.15) is 11.9 Å². The topological polar surface area (TPSA) is 29.5 Å². The third-order valence-electron chi connectivity index (χ3n) is 2.69. The van der Waals surface area contributed by atoms with Gasteiger partial charge in [0.15, 0.2) is 0 Å². The Hall–Kier alpha value is -1.22. The molecule has 0 fully saturated rings. The molecule has 2 rings (SSSR count). The Morgan fingerprint density at radius 2 is 1.56 bits per heavy atom. The van der Waals surface area contributed by atoms with Gasteiger partial charge in [-0.1, -0.05) is 41.4 Å². The smallest absolute Gasteiger partial charge is 0.118 e. The number of rotatable bonds is 3. The van der Waals surface area contributed by atoms with Crippen LogP contribution < -0.4 is 4.74 Å². The van der Waals surface area contributed by atoms with Gasteiger partial charge in [-0.25, -0.2) is 0 Å². The SMILES string of the molecule is COc1ccc(C(O)c2ccc(Cl)c(Cl)c2)cc1. The molecule has 4 heteroatoms. The quantitative estimate of drug-likeness (QED) is 0.919. The first-order valence-corrected chi connectivity index (χ1v) is 6.14. The zero-order chi connectivity index (χ0) is 13.1. The summed E-state index contributed by atoms with van der Waals surface area (Å²) in [6.45, 7) is 0. The number of halogens is 2. The third kappa shape index (κ3) is 2.78. The molecule has 1 unspecified atom stereocenters. The van der Waals surface area contributed by atoms with Gasteiger partial charge in [-0.2, -0.15) is 0 Å². The number of ether oxygens (including phenoxy) is 1. The average molecular weight is 283 g/mol. The minimum atomic E-state index is -0.731. The third-order valence-corrected chi connectivity index (χ3v) is 3.43. The highest BCUT2D eigenvalue weighted by Crippen LogP contribution is 2.29. The maximum absolute atomic E-state index is 10.2. The van der Waals surface area contributed by atoms with E-state index in [1.807, 2.05) is 12.1 Å². The van der Waals surface area contributed by atoms with E-state index in [1.54, 1.807) is 37.4 Å². The van der Waals surface area contributed by atoms with E-state index in [-0.39, 0.29) is 0 Å². The van der Waals surface area contributed by atoms with Crippen molar-refractivity contribution in [2.75, 3.05) is 7.11 Å². The molecule has 0 saturated heterocycles. The Kier molecular flexibility index (Phi) is 4.12. The fourth-order valence-electron chi connectivity index (χ4n) is 1.66. The number of aliphatic hydroxyl groups is 1. The van der Waals surface area contributed by atoms with E-state index >= 15 is 0 Å². The molecule has 2 aromatic rings. The van der Waals surface area contributed by atoms with Gasteiger partial charge >= 0.3 is 0 Å². The largest absolute Gasteiger partial charge is 0.497 e. The summed E-state index contributed by atoms with van der Waals surface area (Å²) in [6.07, 6.45) is -0.731. The predicted octanol–water partition coefficient (Wildman–Crippen LogP) is 4.08. The molecule has 0 aromatic heterocycles. The van der Waals surface area contributed by atoms with Crippen LogP contribution in [0.15, 0.2) is 42.5 Å². The number of benzene rings is 2. The zero-order valence-electron chi connectivity index (χ0n) is 9.73. The van der Waals surface area contributed by atoms with Crippen LogP contribution in [-0.2, 0) is 0 Å². The minimum absolute atomic E-state index is 0.432. The summed E-state index contributed by atoms with van der Waals surface area (Å²) in [5, 5.41) is 11.1. The van der Waals surface area contributed by atoms with Crippen molar-refractivity contribution < 1.29 is 9.84 Å². The van der Waals surface area contributed by atoms with E-state index in [0.29, 0.717) is 15.6 Å². The van der Waals surface area contributed by atoms with E-state index < -0.39 is 6.10 Å². The Morgan fingerprint density at radius 1 is 0.944 bits per heavy atom. The van der Waals surface area contributed by atoms with Gasteiger partial charge in [0.2, 0.25) is 0 Å². The van der Waals surface area contributed by atoms with Crippen molar-refractivity contribution in [2.45, 2.75) is 6.10 Å². The number of hydrogen-bond acceptors (Lipinski definition) is 2. The summed E-state index contributed by atoms with van der Waals surface area (Å²) in [5.74, 6) is 0.750.